The second kappa shape index (κ2) is 3.73. The van der Waals surface area contributed by atoms with E-state index in [1.807, 2.05) is 31.3 Å². The number of likely N-dealkylation sites (N-methyl/N-ethyl adjacent to an activating group) is 1. The minimum Gasteiger partial charge on any atom is -0.368 e. The van der Waals surface area contributed by atoms with E-state index >= 15 is 0 Å². The van der Waals surface area contributed by atoms with E-state index in [0.717, 1.165) is 17.0 Å². The summed E-state index contributed by atoms with van der Waals surface area (Å²) in [6, 6.07) is 7.91. The Morgan fingerprint density at radius 3 is 2.93 bits per heavy atom. The molecule has 2 rings (SSSR count). The Morgan fingerprint density at radius 1 is 1.47 bits per heavy atom. The first-order valence-electron chi connectivity index (χ1n) is 4.73. The first-order chi connectivity index (χ1) is 7.18. The molecule has 4 nitrogen and oxygen atoms in total. The number of rotatable bonds is 1. The normalized spacial score (nSPS) is 16.7. The second-order valence-corrected chi connectivity index (χ2v) is 3.49. The van der Waals surface area contributed by atoms with Crippen molar-refractivity contribution in [2.45, 2.75) is 6.92 Å². The van der Waals surface area contributed by atoms with Crippen molar-refractivity contribution in [3.63, 3.8) is 0 Å². The van der Waals surface area contributed by atoms with Gasteiger partial charge in [0.05, 0.1) is 6.54 Å². The molecule has 78 valence electrons. The molecule has 0 radical (unpaired) electrons. The van der Waals surface area contributed by atoms with Crippen molar-refractivity contribution in [3.8, 4) is 0 Å². The molecule has 0 bridgehead atoms. The van der Waals surface area contributed by atoms with E-state index in [1.165, 1.54) is 6.92 Å². The highest BCUT2D eigenvalue weighted by atomic mass is 16.7. The summed E-state index contributed by atoms with van der Waals surface area (Å²) in [6.45, 7) is 2.02. The Labute approximate surface area is 88.1 Å². The van der Waals surface area contributed by atoms with Gasteiger partial charge in [0.2, 0.25) is 0 Å². The van der Waals surface area contributed by atoms with E-state index in [9.17, 15) is 4.79 Å². The number of para-hydroxylation sites is 1. The van der Waals surface area contributed by atoms with E-state index in [1.54, 1.807) is 0 Å². The summed E-state index contributed by atoms with van der Waals surface area (Å²) in [5.74, 6) is -0.394. The van der Waals surface area contributed by atoms with Gasteiger partial charge in [0.15, 0.2) is 0 Å². The molecular formula is C11H12N2O2. The fraction of sp³-hybridized carbons (Fsp3) is 0.273. The van der Waals surface area contributed by atoms with Crippen LogP contribution in [0.2, 0.25) is 0 Å². The molecule has 1 aromatic carbocycles. The third kappa shape index (κ3) is 1.83. The number of anilines is 1. The third-order valence-electron chi connectivity index (χ3n) is 2.30. The van der Waals surface area contributed by atoms with E-state index in [0.29, 0.717) is 6.54 Å². The van der Waals surface area contributed by atoms with Crippen LogP contribution in [0.3, 0.4) is 0 Å². The Balaban J connectivity index is 2.32. The van der Waals surface area contributed by atoms with Crippen LogP contribution in [0.5, 0.6) is 0 Å². The van der Waals surface area contributed by atoms with Crippen molar-refractivity contribution in [1.82, 2.24) is 0 Å². The topological polar surface area (TPSA) is 41.9 Å². The molecule has 0 saturated heterocycles. The van der Waals surface area contributed by atoms with Crippen LogP contribution in [0.4, 0.5) is 5.69 Å². The Kier molecular flexibility index (Phi) is 2.41. The SMILES string of the molecule is CC(=O)O/N=C1\CN(C)c2ccccc21. The van der Waals surface area contributed by atoms with Gasteiger partial charge in [0.1, 0.15) is 5.71 Å². The monoisotopic (exact) mass is 204 g/mol. The average molecular weight is 204 g/mol. The van der Waals surface area contributed by atoms with Crippen LogP contribution in [-0.2, 0) is 9.63 Å². The fourth-order valence-corrected chi connectivity index (χ4v) is 1.64. The minimum absolute atomic E-state index is 0.394. The van der Waals surface area contributed by atoms with Gasteiger partial charge in [-0.1, -0.05) is 23.4 Å². The van der Waals surface area contributed by atoms with Gasteiger partial charge >= 0.3 is 5.97 Å². The number of oxime groups is 1. The molecule has 1 aliphatic heterocycles. The molecule has 0 atom stereocenters. The van der Waals surface area contributed by atoms with Crippen LogP contribution >= 0.6 is 0 Å². The van der Waals surface area contributed by atoms with Gasteiger partial charge in [0.25, 0.3) is 0 Å². The maximum atomic E-state index is 10.7. The highest BCUT2D eigenvalue weighted by Gasteiger charge is 2.22. The van der Waals surface area contributed by atoms with Gasteiger partial charge in [-0.3, -0.25) is 0 Å². The molecule has 0 N–H and O–H groups in total. The van der Waals surface area contributed by atoms with E-state index in [2.05, 4.69) is 14.9 Å². The minimum atomic E-state index is -0.394. The lowest BCUT2D eigenvalue weighted by molar-refractivity contribution is -0.140. The first-order valence-corrected chi connectivity index (χ1v) is 4.73. The number of nitrogens with zero attached hydrogens (tertiary/aromatic N) is 2. The van der Waals surface area contributed by atoms with Crippen molar-refractivity contribution >= 4 is 17.4 Å². The fourth-order valence-electron chi connectivity index (χ4n) is 1.64. The van der Waals surface area contributed by atoms with Gasteiger partial charge in [-0.25, -0.2) is 4.79 Å². The zero-order valence-corrected chi connectivity index (χ0v) is 8.73. The van der Waals surface area contributed by atoms with Crippen LogP contribution in [0, 0.1) is 0 Å². The lowest BCUT2D eigenvalue weighted by Crippen LogP contribution is -2.16. The summed E-state index contributed by atoms with van der Waals surface area (Å²) in [6.07, 6.45) is 0. The molecule has 1 aliphatic rings. The van der Waals surface area contributed by atoms with Crippen molar-refractivity contribution < 1.29 is 9.63 Å². The summed E-state index contributed by atoms with van der Waals surface area (Å²) in [4.78, 5) is 17.4. The molecule has 4 heteroatoms. The van der Waals surface area contributed by atoms with E-state index in [4.69, 9.17) is 0 Å². The number of hydrogen-bond donors (Lipinski definition) is 0. The quantitative estimate of drug-likeness (QED) is 0.513. The Morgan fingerprint density at radius 2 is 2.20 bits per heavy atom. The highest BCUT2D eigenvalue weighted by Crippen LogP contribution is 2.26. The average Bonchev–Trinajstić information content (AvgIpc) is 2.54. The Hall–Kier alpha value is -1.84. The van der Waals surface area contributed by atoms with Crippen molar-refractivity contribution in [1.29, 1.82) is 0 Å². The van der Waals surface area contributed by atoms with E-state index in [-0.39, 0.29) is 0 Å². The van der Waals surface area contributed by atoms with E-state index < -0.39 is 5.97 Å². The summed E-state index contributed by atoms with van der Waals surface area (Å²) in [5.41, 5.74) is 2.94. The molecule has 0 amide bonds. The molecule has 0 unspecified atom stereocenters. The predicted molar refractivity (Wildman–Crippen MR) is 58.0 cm³/mol. The smallest absolute Gasteiger partial charge is 0.331 e. The van der Waals surface area contributed by atoms with Crippen molar-refractivity contribution in [2.75, 3.05) is 18.5 Å². The molecule has 0 saturated carbocycles. The van der Waals surface area contributed by atoms with Gasteiger partial charge in [-0.15, -0.1) is 0 Å². The number of hydrogen-bond acceptors (Lipinski definition) is 4. The highest BCUT2D eigenvalue weighted by molar-refractivity contribution is 6.11. The molecule has 15 heavy (non-hydrogen) atoms. The molecule has 0 aromatic heterocycles. The van der Waals surface area contributed by atoms with Crippen molar-refractivity contribution in [2.24, 2.45) is 5.16 Å². The number of carbonyl (C=O) groups is 1. The molecular weight excluding hydrogens is 192 g/mol. The molecule has 0 fully saturated rings. The van der Waals surface area contributed by atoms with Gasteiger partial charge < -0.3 is 9.74 Å². The summed E-state index contributed by atoms with van der Waals surface area (Å²) in [5, 5.41) is 3.84. The lowest BCUT2D eigenvalue weighted by atomic mass is 10.1. The standard InChI is InChI=1S/C11H12N2O2/c1-8(14)15-12-10-7-13(2)11-6-4-3-5-9(10)11/h3-6H,7H2,1-2H3/b12-10+. The zero-order chi connectivity index (χ0) is 10.8. The van der Waals surface area contributed by atoms with Gasteiger partial charge in [0, 0.05) is 25.2 Å². The summed E-state index contributed by atoms with van der Waals surface area (Å²) in [7, 11) is 1.98. The van der Waals surface area contributed by atoms with Gasteiger partial charge in [-0.05, 0) is 6.07 Å². The van der Waals surface area contributed by atoms with Gasteiger partial charge in [-0.2, -0.15) is 0 Å². The number of carbonyl (C=O) groups excluding carboxylic acids is 1. The third-order valence-corrected chi connectivity index (χ3v) is 2.30. The van der Waals surface area contributed by atoms with Crippen LogP contribution in [-0.4, -0.2) is 25.3 Å². The first kappa shape index (κ1) is 9.71. The molecule has 0 spiro atoms. The largest absolute Gasteiger partial charge is 0.368 e. The second-order valence-electron chi connectivity index (χ2n) is 3.49. The maximum absolute atomic E-state index is 10.7. The number of fused-ring (bicyclic) bond motifs is 1. The van der Waals surface area contributed by atoms with Crippen LogP contribution < -0.4 is 4.90 Å². The molecule has 1 heterocycles. The van der Waals surface area contributed by atoms with Crippen LogP contribution in [0.25, 0.3) is 0 Å². The summed E-state index contributed by atoms with van der Waals surface area (Å²) < 4.78 is 0. The van der Waals surface area contributed by atoms with Crippen molar-refractivity contribution in [3.05, 3.63) is 29.8 Å². The van der Waals surface area contributed by atoms with Crippen LogP contribution in [0.15, 0.2) is 29.4 Å². The summed E-state index contributed by atoms with van der Waals surface area (Å²) >= 11 is 0. The maximum Gasteiger partial charge on any atom is 0.331 e. The zero-order valence-electron chi connectivity index (χ0n) is 8.73. The predicted octanol–water partition coefficient (Wildman–Crippen LogP) is 1.40. The van der Waals surface area contributed by atoms with Crippen LogP contribution in [0.1, 0.15) is 12.5 Å². The Bertz CT molecular complexity index is 426. The molecule has 1 aromatic rings. The number of benzene rings is 1. The molecule has 0 aliphatic carbocycles. The lowest BCUT2D eigenvalue weighted by Gasteiger charge is -2.09.